The van der Waals surface area contributed by atoms with Crippen molar-refractivity contribution in [2.45, 2.75) is 32.9 Å². The Labute approximate surface area is 140 Å². The summed E-state index contributed by atoms with van der Waals surface area (Å²) in [5.41, 5.74) is 3.91. The number of carboxylic acid groups (broad SMARTS) is 1. The minimum atomic E-state index is -1.06. The summed E-state index contributed by atoms with van der Waals surface area (Å²) in [4.78, 5) is 25.4. The molecule has 3 rings (SSSR count). The van der Waals surface area contributed by atoms with Crippen LogP contribution in [0.1, 0.15) is 23.1 Å². The van der Waals surface area contributed by atoms with Gasteiger partial charge in [-0.15, -0.1) is 0 Å². The number of rotatable bonds is 4. The van der Waals surface area contributed by atoms with E-state index in [4.69, 9.17) is 9.84 Å². The minimum absolute atomic E-state index is 0.322. The van der Waals surface area contributed by atoms with Crippen LogP contribution in [0.25, 0.3) is 0 Å². The van der Waals surface area contributed by atoms with Gasteiger partial charge in [0.05, 0.1) is 18.7 Å². The van der Waals surface area contributed by atoms with Crippen LogP contribution in [-0.2, 0) is 16.1 Å². The first kappa shape index (κ1) is 16.1. The van der Waals surface area contributed by atoms with Gasteiger partial charge in [0, 0.05) is 0 Å². The summed E-state index contributed by atoms with van der Waals surface area (Å²) in [6.07, 6.45) is -1.35. The predicted octanol–water partition coefficient (Wildman–Crippen LogP) is 3.07. The van der Waals surface area contributed by atoms with Crippen LogP contribution in [0, 0.1) is 13.8 Å². The second-order valence-electron chi connectivity index (χ2n) is 6.03. The van der Waals surface area contributed by atoms with Gasteiger partial charge in [0.1, 0.15) is 5.75 Å². The highest BCUT2D eigenvalue weighted by Crippen LogP contribution is 2.35. The van der Waals surface area contributed by atoms with Crippen LogP contribution in [0.4, 0.5) is 5.69 Å². The van der Waals surface area contributed by atoms with Crippen LogP contribution in [0.2, 0.25) is 0 Å². The molecule has 0 bridgehead atoms. The van der Waals surface area contributed by atoms with E-state index in [0.29, 0.717) is 18.0 Å². The van der Waals surface area contributed by atoms with Crippen molar-refractivity contribution in [2.24, 2.45) is 0 Å². The maximum absolute atomic E-state index is 12.8. The third-order valence-corrected chi connectivity index (χ3v) is 4.16. The quantitative estimate of drug-likeness (QED) is 0.938. The van der Waals surface area contributed by atoms with Crippen LogP contribution in [0.3, 0.4) is 0 Å². The summed E-state index contributed by atoms with van der Waals surface area (Å²) in [6.45, 7) is 4.40. The fourth-order valence-electron chi connectivity index (χ4n) is 2.87. The highest BCUT2D eigenvalue weighted by atomic mass is 16.5. The number of aryl methyl sites for hydroxylation is 2. The Morgan fingerprint density at radius 1 is 1.21 bits per heavy atom. The zero-order valence-corrected chi connectivity index (χ0v) is 13.7. The number of para-hydroxylation sites is 2. The molecule has 0 spiro atoms. The molecule has 1 aliphatic heterocycles. The van der Waals surface area contributed by atoms with E-state index in [2.05, 4.69) is 0 Å². The lowest BCUT2D eigenvalue weighted by Gasteiger charge is -2.34. The molecule has 5 nitrogen and oxygen atoms in total. The van der Waals surface area contributed by atoms with Gasteiger partial charge in [0.15, 0.2) is 6.10 Å². The van der Waals surface area contributed by atoms with Gasteiger partial charge in [-0.1, -0.05) is 35.9 Å². The molecule has 2 aromatic rings. The van der Waals surface area contributed by atoms with Gasteiger partial charge in [0.25, 0.3) is 5.91 Å². The Kier molecular flexibility index (Phi) is 4.25. The van der Waals surface area contributed by atoms with E-state index in [-0.39, 0.29) is 12.3 Å². The van der Waals surface area contributed by atoms with Crippen LogP contribution in [0.5, 0.6) is 5.75 Å². The van der Waals surface area contributed by atoms with Crippen molar-refractivity contribution in [3.8, 4) is 5.75 Å². The Hall–Kier alpha value is -2.82. The molecule has 24 heavy (non-hydrogen) atoms. The van der Waals surface area contributed by atoms with Crippen molar-refractivity contribution in [1.29, 1.82) is 0 Å². The maximum atomic E-state index is 12.8. The lowest BCUT2D eigenvalue weighted by Crippen LogP contribution is -2.46. The molecule has 1 N–H and O–H groups in total. The SMILES string of the molecule is Cc1ccc(C)c(CN2C(=O)C(CC(=O)O)Oc3ccccc32)c1. The first-order valence-electron chi connectivity index (χ1n) is 7.80. The number of amides is 1. The summed E-state index contributed by atoms with van der Waals surface area (Å²) < 4.78 is 5.60. The van der Waals surface area contributed by atoms with Gasteiger partial charge >= 0.3 is 5.97 Å². The number of carbonyl (C=O) groups excluding carboxylic acids is 1. The topological polar surface area (TPSA) is 66.8 Å². The molecule has 1 aliphatic rings. The molecule has 0 saturated carbocycles. The summed E-state index contributed by atoms with van der Waals surface area (Å²) in [7, 11) is 0. The third-order valence-electron chi connectivity index (χ3n) is 4.16. The largest absolute Gasteiger partial charge is 0.481 e. The number of ether oxygens (including phenoxy) is 1. The molecule has 0 aromatic heterocycles. The fourth-order valence-corrected chi connectivity index (χ4v) is 2.87. The number of hydrogen-bond donors (Lipinski definition) is 1. The first-order valence-corrected chi connectivity index (χ1v) is 7.80. The van der Waals surface area contributed by atoms with Crippen molar-refractivity contribution in [1.82, 2.24) is 0 Å². The van der Waals surface area contributed by atoms with E-state index >= 15 is 0 Å². The normalized spacial score (nSPS) is 16.5. The van der Waals surface area contributed by atoms with E-state index in [1.165, 1.54) is 0 Å². The Balaban J connectivity index is 1.99. The smallest absolute Gasteiger partial charge is 0.307 e. The fraction of sp³-hybridized carbons (Fsp3) is 0.263. The second-order valence-corrected chi connectivity index (χ2v) is 6.03. The Morgan fingerprint density at radius 3 is 2.71 bits per heavy atom. The van der Waals surface area contributed by atoms with Crippen LogP contribution in [0.15, 0.2) is 42.5 Å². The molecule has 0 saturated heterocycles. The van der Waals surface area contributed by atoms with Crippen LogP contribution in [-0.4, -0.2) is 23.1 Å². The van der Waals surface area contributed by atoms with Crippen molar-refractivity contribution in [3.05, 3.63) is 59.2 Å². The van der Waals surface area contributed by atoms with Crippen LogP contribution < -0.4 is 9.64 Å². The highest BCUT2D eigenvalue weighted by molar-refractivity contribution is 6.01. The number of benzene rings is 2. The maximum Gasteiger partial charge on any atom is 0.307 e. The average molecular weight is 325 g/mol. The van der Waals surface area contributed by atoms with Crippen molar-refractivity contribution < 1.29 is 19.4 Å². The van der Waals surface area contributed by atoms with Crippen molar-refractivity contribution in [2.75, 3.05) is 4.90 Å². The van der Waals surface area contributed by atoms with Gasteiger partial charge in [0.2, 0.25) is 0 Å². The lowest BCUT2D eigenvalue weighted by atomic mass is 10.0. The lowest BCUT2D eigenvalue weighted by molar-refractivity contribution is -0.142. The standard InChI is InChI=1S/C19H19NO4/c1-12-7-8-13(2)14(9-12)11-20-15-5-3-4-6-16(15)24-17(19(20)23)10-18(21)22/h3-9,17H,10-11H2,1-2H3,(H,21,22). The summed E-state index contributed by atoms with van der Waals surface area (Å²) in [5, 5.41) is 9.04. The molecule has 124 valence electrons. The van der Waals surface area contributed by atoms with E-state index in [9.17, 15) is 9.59 Å². The number of anilines is 1. The number of aliphatic carboxylic acids is 1. The summed E-state index contributed by atoms with van der Waals surface area (Å²) in [6, 6.07) is 13.3. The van der Waals surface area contributed by atoms with Gasteiger partial charge in [-0.25, -0.2) is 0 Å². The average Bonchev–Trinajstić information content (AvgIpc) is 2.54. The Morgan fingerprint density at radius 2 is 1.96 bits per heavy atom. The number of carbonyl (C=O) groups is 2. The van der Waals surface area contributed by atoms with Crippen LogP contribution >= 0.6 is 0 Å². The van der Waals surface area contributed by atoms with E-state index in [1.807, 2.05) is 50.2 Å². The number of fused-ring (bicyclic) bond motifs is 1. The zero-order chi connectivity index (χ0) is 17.3. The number of nitrogens with zero attached hydrogens (tertiary/aromatic N) is 1. The molecule has 0 radical (unpaired) electrons. The number of hydrogen-bond acceptors (Lipinski definition) is 3. The van der Waals surface area contributed by atoms with Gasteiger partial charge in [-0.2, -0.15) is 0 Å². The van der Waals surface area contributed by atoms with Gasteiger partial charge < -0.3 is 14.7 Å². The molecule has 0 aliphatic carbocycles. The third kappa shape index (κ3) is 3.11. The minimum Gasteiger partial charge on any atom is -0.481 e. The second kappa shape index (κ2) is 6.35. The molecule has 1 atom stereocenters. The molecule has 1 unspecified atom stereocenters. The molecule has 1 amide bonds. The molecular weight excluding hydrogens is 306 g/mol. The molecular formula is C19H19NO4. The molecule has 1 heterocycles. The molecule has 0 fully saturated rings. The van der Waals surface area contributed by atoms with Crippen molar-refractivity contribution >= 4 is 17.6 Å². The van der Waals surface area contributed by atoms with E-state index in [0.717, 1.165) is 16.7 Å². The highest BCUT2D eigenvalue weighted by Gasteiger charge is 2.35. The summed E-state index contributed by atoms with van der Waals surface area (Å²) in [5.74, 6) is -0.843. The summed E-state index contributed by atoms with van der Waals surface area (Å²) >= 11 is 0. The van der Waals surface area contributed by atoms with Gasteiger partial charge in [-0.3, -0.25) is 9.59 Å². The number of carboxylic acids is 1. The predicted molar refractivity (Wildman–Crippen MR) is 90.2 cm³/mol. The first-order chi connectivity index (χ1) is 11.5. The van der Waals surface area contributed by atoms with E-state index < -0.39 is 12.1 Å². The molecule has 5 heteroatoms. The molecule has 2 aromatic carbocycles. The van der Waals surface area contributed by atoms with E-state index in [1.54, 1.807) is 11.0 Å². The van der Waals surface area contributed by atoms with Gasteiger partial charge in [-0.05, 0) is 37.1 Å². The monoisotopic (exact) mass is 325 g/mol. The van der Waals surface area contributed by atoms with Crippen molar-refractivity contribution in [3.63, 3.8) is 0 Å². The zero-order valence-electron chi connectivity index (χ0n) is 13.7. The Bertz CT molecular complexity index is 800.